The molecule has 28 heavy (non-hydrogen) atoms. The van der Waals surface area contributed by atoms with Crippen molar-refractivity contribution >= 4 is 28.5 Å². The molecule has 6 heteroatoms. The molecule has 1 atom stereocenters. The molecule has 3 heterocycles. The molecule has 2 aromatic heterocycles. The lowest BCUT2D eigenvalue weighted by Gasteiger charge is -2.22. The average Bonchev–Trinajstić information content (AvgIpc) is 3.29. The monoisotopic (exact) mass is 371 g/mol. The molecule has 0 unspecified atom stereocenters. The van der Waals surface area contributed by atoms with Gasteiger partial charge in [-0.25, -0.2) is 4.68 Å². The van der Waals surface area contributed by atoms with E-state index in [0.29, 0.717) is 17.1 Å². The van der Waals surface area contributed by atoms with Gasteiger partial charge < -0.3 is 9.73 Å². The molecule has 2 aromatic carbocycles. The number of para-hydroxylation sites is 2. The van der Waals surface area contributed by atoms with E-state index in [-0.39, 0.29) is 23.9 Å². The predicted molar refractivity (Wildman–Crippen MR) is 105 cm³/mol. The van der Waals surface area contributed by atoms with E-state index in [0.717, 1.165) is 16.6 Å². The lowest BCUT2D eigenvalue weighted by molar-refractivity contribution is -0.116. The van der Waals surface area contributed by atoms with Crippen LogP contribution in [0.3, 0.4) is 0 Å². The molecule has 6 nitrogen and oxygen atoms in total. The van der Waals surface area contributed by atoms with Crippen LogP contribution in [0.25, 0.3) is 16.7 Å². The number of aryl methyl sites for hydroxylation is 1. The number of nitrogens with one attached hydrogen (secondary N) is 1. The first-order chi connectivity index (χ1) is 13.6. The first kappa shape index (κ1) is 16.5. The molecule has 0 radical (unpaired) electrons. The molecule has 4 aromatic rings. The summed E-state index contributed by atoms with van der Waals surface area (Å²) in [5.41, 5.74) is 2.94. The van der Waals surface area contributed by atoms with Crippen LogP contribution in [0.5, 0.6) is 0 Å². The number of furan rings is 1. The number of rotatable bonds is 3. The van der Waals surface area contributed by atoms with Crippen molar-refractivity contribution in [3.05, 3.63) is 77.7 Å². The largest absolute Gasteiger partial charge is 0.453 e. The van der Waals surface area contributed by atoms with Gasteiger partial charge >= 0.3 is 0 Å². The smallest absolute Gasteiger partial charge is 0.226 e. The van der Waals surface area contributed by atoms with Crippen LogP contribution < -0.4 is 5.32 Å². The maximum Gasteiger partial charge on any atom is 0.226 e. The van der Waals surface area contributed by atoms with Crippen LogP contribution in [0.2, 0.25) is 0 Å². The SMILES string of the molecule is Cc1nn(-c2ccccc2)c2c1[C@@H](C(=O)c1cc3ccccc3o1)CC(=O)N2. The highest BCUT2D eigenvalue weighted by Crippen LogP contribution is 2.38. The number of carbonyl (C=O) groups excluding carboxylic acids is 2. The second kappa shape index (κ2) is 6.20. The van der Waals surface area contributed by atoms with Crippen LogP contribution in [-0.2, 0) is 4.79 Å². The van der Waals surface area contributed by atoms with Gasteiger partial charge in [-0.15, -0.1) is 0 Å². The third-order valence-corrected chi connectivity index (χ3v) is 5.09. The van der Waals surface area contributed by atoms with E-state index in [9.17, 15) is 9.59 Å². The quantitative estimate of drug-likeness (QED) is 0.547. The fraction of sp³-hybridized carbons (Fsp3) is 0.136. The van der Waals surface area contributed by atoms with E-state index >= 15 is 0 Å². The Labute approximate surface area is 160 Å². The molecule has 0 aliphatic carbocycles. The standard InChI is InChI=1S/C22H17N3O3/c1-13-20-16(21(27)18-11-14-7-5-6-10-17(14)28-18)12-19(26)23-22(20)25(24-13)15-8-3-2-4-9-15/h2-11,16H,12H2,1H3,(H,23,26)/t16-/m0/s1. The minimum absolute atomic E-state index is 0.0736. The van der Waals surface area contributed by atoms with Gasteiger partial charge in [0, 0.05) is 17.4 Å². The minimum Gasteiger partial charge on any atom is -0.453 e. The van der Waals surface area contributed by atoms with Crippen molar-refractivity contribution in [1.29, 1.82) is 0 Å². The normalized spacial score (nSPS) is 16.0. The fourth-order valence-electron chi connectivity index (χ4n) is 3.80. The van der Waals surface area contributed by atoms with Crippen LogP contribution in [-0.4, -0.2) is 21.5 Å². The number of carbonyl (C=O) groups is 2. The lowest BCUT2D eigenvalue weighted by atomic mass is 9.87. The highest BCUT2D eigenvalue weighted by atomic mass is 16.3. The number of hydrogen-bond acceptors (Lipinski definition) is 4. The average molecular weight is 371 g/mol. The van der Waals surface area contributed by atoms with E-state index in [1.165, 1.54) is 0 Å². The zero-order chi connectivity index (χ0) is 19.3. The number of anilines is 1. The maximum atomic E-state index is 13.3. The molecular formula is C22H17N3O3. The van der Waals surface area contributed by atoms with Crippen LogP contribution >= 0.6 is 0 Å². The summed E-state index contributed by atoms with van der Waals surface area (Å²) >= 11 is 0. The molecule has 0 bridgehead atoms. The highest BCUT2D eigenvalue weighted by Gasteiger charge is 2.37. The number of nitrogens with zero attached hydrogens (tertiary/aromatic N) is 2. The van der Waals surface area contributed by atoms with Crippen molar-refractivity contribution in [3.8, 4) is 5.69 Å². The van der Waals surface area contributed by atoms with E-state index in [2.05, 4.69) is 10.4 Å². The second-order valence-corrected chi connectivity index (χ2v) is 6.91. The lowest BCUT2D eigenvalue weighted by Crippen LogP contribution is -2.28. The van der Waals surface area contributed by atoms with Gasteiger partial charge in [0.15, 0.2) is 5.76 Å². The first-order valence-corrected chi connectivity index (χ1v) is 9.09. The van der Waals surface area contributed by atoms with E-state index in [1.807, 2.05) is 61.5 Å². The Morgan fingerprint density at radius 3 is 2.68 bits per heavy atom. The molecule has 0 saturated heterocycles. The zero-order valence-corrected chi connectivity index (χ0v) is 15.2. The molecule has 1 aliphatic rings. The Balaban J connectivity index is 1.62. The highest BCUT2D eigenvalue weighted by molar-refractivity contribution is 6.08. The molecule has 0 fully saturated rings. The van der Waals surface area contributed by atoms with Gasteiger partial charge in [0.05, 0.1) is 17.3 Å². The summed E-state index contributed by atoms with van der Waals surface area (Å²) in [5.74, 6) is -0.225. The Hall–Kier alpha value is -3.67. The molecule has 1 N–H and O–H groups in total. The topological polar surface area (TPSA) is 77.1 Å². The number of Topliss-reactive ketones (excluding diaryl/α,β-unsaturated/α-hetero) is 1. The van der Waals surface area contributed by atoms with Crippen molar-refractivity contribution < 1.29 is 14.0 Å². The van der Waals surface area contributed by atoms with Crippen LogP contribution in [0.1, 0.15) is 34.2 Å². The summed E-state index contributed by atoms with van der Waals surface area (Å²) in [4.78, 5) is 25.7. The predicted octanol–water partition coefficient (Wildman–Crippen LogP) is 4.24. The van der Waals surface area contributed by atoms with Gasteiger partial charge in [0.25, 0.3) is 0 Å². The summed E-state index contributed by atoms with van der Waals surface area (Å²) < 4.78 is 7.44. The third kappa shape index (κ3) is 2.53. The fourth-order valence-corrected chi connectivity index (χ4v) is 3.80. The molecule has 5 rings (SSSR count). The van der Waals surface area contributed by atoms with Gasteiger partial charge in [-0.1, -0.05) is 36.4 Å². The zero-order valence-electron chi connectivity index (χ0n) is 15.2. The van der Waals surface area contributed by atoms with Gasteiger partial charge in [-0.2, -0.15) is 5.10 Å². The van der Waals surface area contributed by atoms with Crippen LogP contribution in [0, 0.1) is 6.92 Å². The molecule has 0 saturated carbocycles. The number of amides is 1. The Morgan fingerprint density at radius 2 is 1.89 bits per heavy atom. The van der Waals surface area contributed by atoms with Crippen molar-refractivity contribution in [2.45, 2.75) is 19.3 Å². The molecule has 138 valence electrons. The summed E-state index contributed by atoms with van der Waals surface area (Å²) in [7, 11) is 0. The van der Waals surface area contributed by atoms with Crippen molar-refractivity contribution in [3.63, 3.8) is 0 Å². The third-order valence-electron chi connectivity index (χ3n) is 5.09. The number of ketones is 1. The number of fused-ring (bicyclic) bond motifs is 2. The molecule has 1 aliphatic heterocycles. The summed E-state index contributed by atoms with van der Waals surface area (Å²) in [5, 5.41) is 8.34. The number of aromatic nitrogens is 2. The van der Waals surface area contributed by atoms with Crippen molar-refractivity contribution in [2.24, 2.45) is 0 Å². The van der Waals surface area contributed by atoms with Crippen LogP contribution in [0.15, 0.2) is 65.1 Å². The van der Waals surface area contributed by atoms with Crippen molar-refractivity contribution in [1.82, 2.24) is 9.78 Å². The van der Waals surface area contributed by atoms with Gasteiger partial charge in [-0.3, -0.25) is 9.59 Å². The Morgan fingerprint density at radius 1 is 1.14 bits per heavy atom. The minimum atomic E-state index is -0.623. The Kier molecular flexibility index (Phi) is 3.65. The van der Waals surface area contributed by atoms with Gasteiger partial charge in [0.1, 0.15) is 11.4 Å². The van der Waals surface area contributed by atoms with Gasteiger partial charge in [0.2, 0.25) is 11.7 Å². The van der Waals surface area contributed by atoms with E-state index in [1.54, 1.807) is 10.7 Å². The van der Waals surface area contributed by atoms with Crippen molar-refractivity contribution in [2.75, 3.05) is 5.32 Å². The maximum absolute atomic E-state index is 13.3. The van der Waals surface area contributed by atoms with Gasteiger partial charge in [-0.05, 0) is 31.2 Å². The molecule has 1 amide bonds. The van der Waals surface area contributed by atoms with E-state index < -0.39 is 5.92 Å². The number of benzene rings is 2. The first-order valence-electron chi connectivity index (χ1n) is 9.09. The second-order valence-electron chi connectivity index (χ2n) is 6.91. The van der Waals surface area contributed by atoms with Crippen LogP contribution in [0.4, 0.5) is 5.82 Å². The number of hydrogen-bond donors (Lipinski definition) is 1. The molecule has 0 spiro atoms. The summed E-state index contributed by atoms with van der Waals surface area (Å²) in [6.07, 6.45) is 0.0736. The molecular weight excluding hydrogens is 354 g/mol. The summed E-state index contributed by atoms with van der Waals surface area (Å²) in [6.45, 7) is 1.86. The van der Waals surface area contributed by atoms with E-state index in [4.69, 9.17) is 4.42 Å². The summed E-state index contributed by atoms with van der Waals surface area (Å²) in [6, 6.07) is 18.7. The Bertz CT molecular complexity index is 1190.